The highest BCUT2D eigenvalue weighted by atomic mass is 16.7. The van der Waals surface area contributed by atoms with Gasteiger partial charge in [0, 0.05) is 37.2 Å². The second-order valence-corrected chi connectivity index (χ2v) is 6.23. The number of piperidine rings is 1. The minimum atomic E-state index is -0.633. The topological polar surface area (TPSA) is 66.5 Å². The zero-order chi connectivity index (χ0) is 17.3. The van der Waals surface area contributed by atoms with Crippen LogP contribution in [0.25, 0.3) is 0 Å². The number of ether oxygens (including phenoxy) is 5. The van der Waals surface area contributed by atoms with Crippen LogP contribution in [0.3, 0.4) is 0 Å². The molecule has 3 aliphatic rings. The first kappa shape index (κ1) is 16.2. The van der Waals surface area contributed by atoms with E-state index in [2.05, 4.69) is 4.90 Å². The first-order valence-electron chi connectivity index (χ1n) is 8.42. The SMILES string of the molecule is COC(=O)c1ccc(N2CCC3(CC2)OCCO3)cc1C1OC=CO1. The highest BCUT2D eigenvalue weighted by Crippen LogP contribution is 2.35. The molecule has 7 nitrogen and oxygen atoms in total. The Bertz CT molecular complexity index is 664. The van der Waals surface area contributed by atoms with Crippen molar-refractivity contribution >= 4 is 11.7 Å². The molecule has 0 bridgehead atoms. The Morgan fingerprint density at radius 1 is 1.16 bits per heavy atom. The molecule has 0 unspecified atom stereocenters. The minimum Gasteiger partial charge on any atom is -0.465 e. The normalized spacial score (nSPS) is 22.0. The van der Waals surface area contributed by atoms with Crippen molar-refractivity contribution in [2.24, 2.45) is 0 Å². The van der Waals surface area contributed by atoms with Crippen LogP contribution >= 0.6 is 0 Å². The average molecular weight is 347 g/mol. The van der Waals surface area contributed by atoms with Crippen LogP contribution in [0.1, 0.15) is 35.1 Å². The van der Waals surface area contributed by atoms with Crippen LogP contribution < -0.4 is 4.90 Å². The molecule has 0 aromatic heterocycles. The predicted octanol–water partition coefficient (Wildman–Crippen LogP) is 2.33. The Morgan fingerprint density at radius 3 is 2.48 bits per heavy atom. The number of carbonyl (C=O) groups is 1. The van der Waals surface area contributed by atoms with Crippen molar-refractivity contribution in [1.82, 2.24) is 0 Å². The van der Waals surface area contributed by atoms with Gasteiger partial charge in [-0.05, 0) is 18.2 Å². The highest BCUT2D eigenvalue weighted by Gasteiger charge is 2.40. The molecular weight excluding hydrogens is 326 g/mol. The maximum atomic E-state index is 12.0. The summed E-state index contributed by atoms with van der Waals surface area (Å²) in [4.78, 5) is 14.3. The number of hydrogen-bond acceptors (Lipinski definition) is 7. The van der Waals surface area contributed by atoms with Gasteiger partial charge in [0.15, 0.2) is 5.79 Å². The lowest BCUT2D eigenvalue weighted by molar-refractivity contribution is -0.169. The Morgan fingerprint density at radius 2 is 1.84 bits per heavy atom. The third-order valence-electron chi connectivity index (χ3n) is 4.86. The third-order valence-corrected chi connectivity index (χ3v) is 4.86. The summed E-state index contributed by atoms with van der Waals surface area (Å²) in [5.41, 5.74) is 2.11. The van der Waals surface area contributed by atoms with Crippen LogP contribution in [0.5, 0.6) is 0 Å². The standard InChI is InChI=1S/C18H21NO6/c1-21-16(20)14-3-2-13(12-15(14)17-22-8-9-23-17)19-6-4-18(5-7-19)24-10-11-25-18/h2-3,8-9,12,17H,4-7,10-11H2,1H3. The van der Waals surface area contributed by atoms with Gasteiger partial charge in [-0.2, -0.15) is 0 Å². The number of methoxy groups -OCH3 is 1. The lowest BCUT2D eigenvalue weighted by Gasteiger charge is -2.39. The molecule has 0 amide bonds. The van der Waals surface area contributed by atoms with Crippen molar-refractivity contribution in [1.29, 1.82) is 0 Å². The Hall–Kier alpha value is -2.25. The number of hydrogen-bond donors (Lipinski definition) is 0. The number of benzene rings is 1. The van der Waals surface area contributed by atoms with Gasteiger partial charge in [-0.15, -0.1) is 0 Å². The van der Waals surface area contributed by atoms with Gasteiger partial charge in [0.1, 0.15) is 12.5 Å². The monoisotopic (exact) mass is 347 g/mol. The summed E-state index contributed by atoms with van der Waals surface area (Å²) in [7, 11) is 1.36. The van der Waals surface area contributed by atoms with Crippen molar-refractivity contribution in [3.8, 4) is 0 Å². The lowest BCUT2D eigenvalue weighted by atomic mass is 10.0. The van der Waals surface area contributed by atoms with Crippen LogP contribution in [-0.4, -0.2) is 45.2 Å². The Kier molecular flexibility index (Phi) is 4.27. The van der Waals surface area contributed by atoms with E-state index in [1.807, 2.05) is 12.1 Å². The summed E-state index contributed by atoms with van der Waals surface area (Å²) >= 11 is 0. The van der Waals surface area contributed by atoms with Crippen molar-refractivity contribution in [3.63, 3.8) is 0 Å². The number of rotatable bonds is 3. The van der Waals surface area contributed by atoms with E-state index < -0.39 is 18.0 Å². The van der Waals surface area contributed by atoms with Crippen LogP contribution in [0.2, 0.25) is 0 Å². The fourth-order valence-corrected chi connectivity index (χ4v) is 3.51. The molecule has 2 saturated heterocycles. The molecule has 3 heterocycles. The van der Waals surface area contributed by atoms with E-state index >= 15 is 0 Å². The summed E-state index contributed by atoms with van der Waals surface area (Å²) in [6.07, 6.45) is 3.94. The van der Waals surface area contributed by atoms with Crippen molar-refractivity contribution < 1.29 is 28.5 Å². The van der Waals surface area contributed by atoms with Gasteiger partial charge in [0.2, 0.25) is 0 Å². The molecule has 0 saturated carbocycles. The van der Waals surface area contributed by atoms with Gasteiger partial charge in [-0.25, -0.2) is 4.79 Å². The molecule has 1 aromatic rings. The van der Waals surface area contributed by atoms with E-state index in [0.29, 0.717) is 24.3 Å². The molecule has 0 aliphatic carbocycles. The lowest BCUT2D eigenvalue weighted by Crippen LogP contribution is -2.45. The molecule has 25 heavy (non-hydrogen) atoms. The first-order valence-corrected chi connectivity index (χ1v) is 8.42. The molecule has 7 heteroatoms. The largest absolute Gasteiger partial charge is 0.465 e. The van der Waals surface area contributed by atoms with Gasteiger partial charge in [0.25, 0.3) is 6.29 Å². The van der Waals surface area contributed by atoms with Crippen molar-refractivity contribution in [2.75, 3.05) is 38.3 Å². The second-order valence-electron chi connectivity index (χ2n) is 6.23. The van der Waals surface area contributed by atoms with Gasteiger partial charge in [-0.3, -0.25) is 0 Å². The molecule has 1 aromatic carbocycles. The van der Waals surface area contributed by atoms with Crippen LogP contribution in [0.4, 0.5) is 5.69 Å². The molecule has 4 rings (SSSR count). The molecule has 0 atom stereocenters. The van der Waals surface area contributed by atoms with E-state index in [0.717, 1.165) is 31.6 Å². The van der Waals surface area contributed by atoms with Crippen LogP contribution in [0, 0.1) is 0 Å². The molecule has 1 spiro atoms. The maximum Gasteiger partial charge on any atom is 0.338 e. The molecule has 134 valence electrons. The molecule has 3 aliphatic heterocycles. The molecule has 0 N–H and O–H groups in total. The quantitative estimate of drug-likeness (QED) is 0.778. The number of nitrogens with zero attached hydrogens (tertiary/aromatic N) is 1. The summed E-state index contributed by atoms with van der Waals surface area (Å²) in [5.74, 6) is -0.821. The number of anilines is 1. The highest BCUT2D eigenvalue weighted by molar-refractivity contribution is 5.91. The first-order chi connectivity index (χ1) is 12.2. The summed E-state index contributed by atoms with van der Waals surface area (Å²) in [6.45, 7) is 2.98. The Balaban J connectivity index is 1.56. The van der Waals surface area contributed by atoms with Crippen molar-refractivity contribution in [3.05, 3.63) is 41.9 Å². The Labute approximate surface area is 146 Å². The second kappa shape index (κ2) is 6.57. The fourth-order valence-electron chi connectivity index (χ4n) is 3.51. The van der Waals surface area contributed by atoms with Crippen LogP contribution in [0.15, 0.2) is 30.7 Å². The predicted molar refractivity (Wildman–Crippen MR) is 87.9 cm³/mol. The van der Waals surface area contributed by atoms with Crippen LogP contribution in [-0.2, 0) is 23.7 Å². The molecular formula is C18H21NO6. The van der Waals surface area contributed by atoms with E-state index in [1.165, 1.54) is 19.6 Å². The zero-order valence-electron chi connectivity index (χ0n) is 14.1. The van der Waals surface area contributed by atoms with Crippen molar-refractivity contribution in [2.45, 2.75) is 24.9 Å². The zero-order valence-corrected chi connectivity index (χ0v) is 14.1. The van der Waals surface area contributed by atoms with E-state index in [-0.39, 0.29) is 0 Å². The van der Waals surface area contributed by atoms with Gasteiger partial charge in [0.05, 0.1) is 25.9 Å². The van der Waals surface area contributed by atoms with Gasteiger partial charge >= 0.3 is 5.97 Å². The molecule has 2 fully saturated rings. The fraction of sp³-hybridized carbons (Fsp3) is 0.500. The van der Waals surface area contributed by atoms with E-state index in [9.17, 15) is 4.79 Å². The summed E-state index contributed by atoms with van der Waals surface area (Å²) in [5, 5.41) is 0. The average Bonchev–Trinajstić information content (AvgIpc) is 3.34. The maximum absolute atomic E-state index is 12.0. The number of esters is 1. The van der Waals surface area contributed by atoms with E-state index in [1.54, 1.807) is 6.07 Å². The molecule has 0 radical (unpaired) electrons. The minimum absolute atomic E-state index is 0.410. The third kappa shape index (κ3) is 3.05. The van der Waals surface area contributed by atoms with Gasteiger partial charge < -0.3 is 28.6 Å². The summed E-state index contributed by atoms with van der Waals surface area (Å²) in [6, 6.07) is 5.61. The van der Waals surface area contributed by atoms with E-state index in [4.69, 9.17) is 23.7 Å². The summed E-state index contributed by atoms with van der Waals surface area (Å²) < 4.78 is 27.3. The van der Waals surface area contributed by atoms with Gasteiger partial charge in [-0.1, -0.05) is 0 Å². The smallest absolute Gasteiger partial charge is 0.338 e. The number of carbonyl (C=O) groups excluding carboxylic acids is 1.